The molecule has 0 bridgehead atoms. The summed E-state index contributed by atoms with van der Waals surface area (Å²) in [5.74, 6) is 0. The predicted molar refractivity (Wildman–Crippen MR) is 21.5 cm³/mol. The van der Waals surface area contributed by atoms with Gasteiger partial charge in [0.25, 0.3) is 0 Å². The second-order valence-electron chi connectivity index (χ2n) is 0. The van der Waals surface area contributed by atoms with Crippen molar-refractivity contribution >= 4 is 65.3 Å². The molecule has 0 fully saturated rings. The Bertz CT molecular complexity index is 14.9. The maximum Gasteiger partial charge on any atom is 2.00 e. The third-order valence-electron chi connectivity index (χ3n) is 0. The second-order valence-corrected chi connectivity index (χ2v) is 0. The van der Waals surface area contributed by atoms with Crippen LogP contribution in [0.4, 0.5) is 4.70 Å². The van der Waals surface area contributed by atoms with Crippen molar-refractivity contribution in [3.63, 3.8) is 0 Å². The largest absolute Gasteiger partial charge is 2.00 e. The zero-order valence-electron chi connectivity index (χ0n) is 5.12. The van der Waals surface area contributed by atoms with Crippen LogP contribution >= 0.6 is 0 Å². The Morgan fingerprint density at radius 2 is 1.25 bits per heavy atom. The molecule has 0 aromatic rings. The van der Waals surface area contributed by atoms with Crippen LogP contribution < -0.4 is 18.9 Å². The molecule has 0 unspecified atom stereocenters. The van der Waals surface area contributed by atoms with Crippen LogP contribution in [-0.4, -0.2) is 65.3 Å². The van der Waals surface area contributed by atoms with Gasteiger partial charge in [0.05, 0.1) is 0 Å². The molecule has 0 spiro atoms. The van der Waals surface area contributed by atoms with E-state index in [1.807, 2.05) is 0 Å². The van der Waals surface area contributed by atoms with Gasteiger partial charge in [-0.25, -0.2) is 0 Å². The van der Waals surface area contributed by atoms with E-state index in [1.54, 1.807) is 0 Å². The fourth-order valence-corrected chi connectivity index (χ4v) is 0. The molecule has 0 aliphatic carbocycles. The predicted octanol–water partition coefficient (Wildman–Crippen LogP) is -4.07. The van der Waals surface area contributed by atoms with Gasteiger partial charge >= 0.3 is 84.1 Å². The molecule has 0 aliphatic rings. The summed E-state index contributed by atoms with van der Waals surface area (Å²) in [6, 6.07) is 0. The van der Waals surface area contributed by atoms with Crippen molar-refractivity contribution in [3.05, 3.63) is 0 Å². The number of rotatable bonds is 0. The van der Waals surface area contributed by atoms with Crippen molar-refractivity contribution in [1.82, 2.24) is 0 Å². The molecular weight excluding hydrogens is 183 g/mol. The molecule has 0 nitrogen and oxygen atoms in total. The molecule has 0 aromatic heterocycles. The SMILES string of the molecule is F.[GaH3].[H-].[H-].[H-].[Li+].[Sr+2]. The Morgan fingerprint density at radius 1 is 1.25 bits per heavy atom. The standard InChI is InChI=1S/FH.Ga.Li.Sr.6H/h1H;;;;;;;;;/q;;+1;+2;;;;3*-1. The zero-order chi connectivity index (χ0) is 0. The average molecular weight is 190 g/mol. The summed E-state index contributed by atoms with van der Waals surface area (Å²) in [5.41, 5.74) is 0. The van der Waals surface area contributed by atoms with Gasteiger partial charge in [-0.15, -0.1) is 0 Å². The Hall–Kier alpha value is 2.64. The zero-order valence-corrected chi connectivity index (χ0v) is 5.59. The van der Waals surface area contributed by atoms with E-state index >= 15 is 0 Å². The van der Waals surface area contributed by atoms with E-state index < -0.39 is 0 Å². The summed E-state index contributed by atoms with van der Waals surface area (Å²) >= 11 is 0. The smallest absolute Gasteiger partial charge is 1.00 e. The van der Waals surface area contributed by atoms with Crippen LogP contribution in [0, 0.1) is 0 Å². The summed E-state index contributed by atoms with van der Waals surface area (Å²) in [7, 11) is 0. The normalized spacial score (nSPS) is 0. The molecule has 0 heterocycles. The van der Waals surface area contributed by atoms with Gasteiger partial charge in [0.2, 0.25) is 0 Å². The van der Waals surface area contributed by atoms with E-state index in [1.165, 1.54) is 0 Å². The van der Waals surface area contributed by atoms with Crippen LogP contribution in [0.5, 0.6) is 0 Å². The summed E-state index contributed by atoms with van der Waals surface area (Å²) in [5, 5.41) is 0. The number of hydrogen-bond acceptors (Lipinski definition) is 0. The number of halogens is 1. The Morgan fingerprint density at radius 3 is 1.25 bits per heavy atom. The van der Waals surface area contributed by atoms with Crippen molar-refractivity contribution < 1.29 is 27.8 Å². The van der Waals surface area contributed by atoms with Gasteiger partial charge in [-0.1, -0.05) is 0 Å². The molecule has 4 heteroatoms. The van der Waals surface area contributed by atoms with Gasteiger partial charge in [0, 0.05) is 0 Å². The molecule has 0 aliphatic heterocycles. The topological polar surface area (TPSA) is 0 Å². The maximum atomic E-state index is 0. The molecule has 0 atom stereocenters. The van der Waals surface area contributed by atoms with Crippen LogP contribution in [-0.2, 0) is 0 Å². The average Bonchev–Trinajstić information content (AvgIpc) is 0. The Balaban J connectivity index is 0. The first-order valence-electron chi connectivity index (χ1n) is 0. The fourth-order valence-electron chi connectivity index (χ4n) is 0. The van der Waals surface area contributed by atoms with Gasteiger partial charge in [-0.3, -0.25) is 4.70 Å². The van der Waals surface area contributed by atoms with Crippen LogP contribution in [0.2, 0.25) is 0 Å². The first-order chi connectivity index (χ1) is 0. The van der Waals surface area contributed by atoms with Crippen LogP contribution in [0.3, 0.4) is 0 Å². The quantitative estimate of drug-likeness (QED) is 0.341. The third kappa shape index (κ3) is 8.82. The number of hydrogen-bond donors (Lipinski definition) is 0. The monoisotopic (exact) mass is 190 g/mol. The van der Waals surface area contributed by atoms with E-state index in [0.29, 0.717) is 0 Å². The van der Waals surface area contributed by atoms with Crippen molar-refractivity contribution in [3.8, 4) is 0 Å². The summed E-state index contributed by atoms with van der Waals surface area (Å²) in [6.07, 6.45) is 0. The first-order valence-corrected chi connectivity index (χ1v) is 0. The van der Waals surface area contributed by atoms with Crippen LogP contribution in [0.15, 0.2) is 0 Å². The van der Waals surface area contributed by atoms with Crippen molar-refractivity contribution in [1.29, 1.82) is 0 Å². The maximum absolute atomic E-state index is 0. The molecule has 0 aromatic carbocycles. The Kier molecular flexibility index (Phi) is 132. The van der Waals surface area contributed by atoms with Gasteiger partial charge < -0.3 is 4.28 Å². The van der Waals surface area contributed by atoms with Crippen LogP contribution in [0.25, 0.3) is 0 Å². The minimum Gasteiger partial charge on any atom is -1.00 e. The van der Waals surface area contributed by atoms with Crippen molar-refractivity contribution in [2.24, 2.45) is 0 Å². The molecule has 20 valence electrons. The molecule has 0 saturated carbocycles. The molecule has 4 heavy (non-hydrogen) atoms. The van der Waals surface area contributed by atoms with E-state index in [2.05, 4.69) is 0 Å². The second kappa shape index (κ2) is 17.4. The summed E-state index contributed by atoms with van der Waals surface area (Å²) in [6.45, 7) is 0. The van der Waals surface area contributed by atoms with Crippen LogP contribution in [0.1, 0.15) is 4.28 Å². The molecule has 0 rings (SSSR count). The summed E-state index contributed by atoms with van der Waals surface area (Å²) in [4.78, 5) is 0. The van der Waals surface area contributed by atoms with E-state index in [9.17, 15) is 0 Å². The van der Waals surface area contributed by atoms with Gasteiger partial charge in [-0.2, -0.15) is 0 Å². The summed E-state index contributed by atoms with van der Waals surface area (Å²) < 4.78 is 0. The molecule has 0 radical (unpaired) electrons. The van der Waals surface area contributed by atoms with Crippen molar-refractivity contribution in [2.75, 3.05) is 0 Å². The minimum atomic E-state index is 0. The molecule has 0 amide bonds. The van der Waals surface area contributed by atoms with Gasteiger partial charge in [0.1, 0.15) is 0 Å². The van der Waals surface area contributed by atoms with Gasteiger partial charge in [0.15, 0.2) is 0 Å². The van der Waals surface area contributed by atoms with E-state index in [-0.39, 0.29) is 93.1 Å². The molecule has 0 saturated heterocycles. The fraction of sp³-hybridized carbons (Fsp3) is 0. The third-order valence-corrected chi connectivity index (χ3v) is 0. The molecular formula is H7FGaLiSr. The minimum absolute atomic E-state index is 0. The van der Waals surface area contributed by atoms with Crippen molar-refractivity contribution in [2.45, 2.75) is 0 Å². The van der Waals surface area contributed by atoms with Gasteiger partial charge in [-0.05, 0) is 0 Å². The van der Waals surface area contributed by atoms with E-state index in [4.69, 9.17) is 0 Å². The van der Waals surface area contributed by atoms with E-state index in [0.717, 1.165) is 0 Å². The first kappa shape index (κ1) is 30.3. The molecule has 0 N–H and O–H groups in total. The Labute approximate surface area is 91.4 Å².